The lowest BCUT2D eigenvalue weighted by atomic mass is 10.1. The monoisotopic (exact) mass is 428 g/mol. The van der Waals surface area contributed by atoms with Crippen LogP contribution in [0.5, 0.6) is 5.75 Å². The van der Waals surface area contributed by atoms with Gasteiger partial charge in [0.15, 0.2) is 5.16 Å². The van der Waals surface area contributed by atoms with Gasteiger partial charge in [0.2, 0.25) is 5.91 Å². The second kappa shape index (κ2) is 10.4. The highest BCUT2D eigenvalue weighted by atomic mass is 32.2. The van der Waals surface area contributed by atoms with Crippen molar-refractivity contribution in [3.05, 3.63) is 59.9 Å². The number of methoxy groups -OCH3 is 1. The van der Waals surface area contributed by atoms with E-state index in [1.165, 1.54) is 11.8 Å². The molecule has 2 aromatic carbocycles. The van der Waals surface area contributed by atoms with Gasteiger partial charge < -0.3 is 14.6 Å². The third-order valence-electron chi connectivity index (χ3n) is 4.32. The number of benzene rings is 2. The van der Waals surface area contributed by atoms with Gasteiger partial charge in [-0.15, -0.1) is 22.0 Å². The highest BCUT2D eigenvalue weighted by Crippen LogP contribution is 2.22. The Morgan fingerprint density at radius 1 is 1.17 bits per heavy atom. The number of thioether (sulfide) groups is 2. The fraction of sp³-hybridized carbons (Fsp3) is 0.286. The van der Waals surface area contributed by atoms with Gasteiger partial charge in [0, 0.05) is 23.5 Å². The maximum Gasteiger partial charge on any atom is 0.234 e. The van der Waals surface area contributed by atoms with Crippen LogP contribution in [0, 0.1) is 0 Å². The number of amides is 1. The number of hydrogen-bond donors (Lipinski definition) is 1. The van der Waals surface area contributed by atoms with Crippen LogP contribution in [0.3, 0.4) is 0 Å². The topological polar surface area (TPSA) is 69.0 Å². The fourth-order valence-electron chi connectivity index (χ4n) is 2.83. The first kappa shape index (κ1) is 21.3. The number of anilines is 1. The van der Waals surface area contributed by atoms with Gasteiger partial charge in [0.05, 0.1) is 12.9 Å². The lowest BCUT2D eigenvalue weighted by molar-refractivity contribution is -0.113. The summed E-state index contributed by atoms with van der Waals surface area (Å²) in [4.78, 5) is 13.5. The lowest BCUT2D eigenvalue weighted by Gasteiger charge is -2.09. The molecule has 1 amide bonds. The maximum atomic E-state index is 12.3. The van der Waals surface area contributed by atoms with Crippen LogP contribution in [0.1, 0.15) is 18.3 Å². The van der Waals surface area contributed by atoms with Gasteiger partial charge in [-0.3, -0.25) is 4.79 Å². The summed E-state index contributed by atoms with van der Waals surface area (Å²) in [6.07, 6.45) is 2.69. The van der Waals surface area contributed by atoms with Gasteiger partial charge in [0.1, 0.15) is 11.6 Å². The first-order valence-electron chi connectivity index (χ1n) is 9.24. The van der Waals surface area contributed by atoms with Gasteiger partial charge in [0.25, 0.3) is 0 Å². The average molecular weight is 429 g/mol. The molecule has 0 saturated heterocycles. The van der Waals surface area contributed by atoms with Gasteiger partial charge in [-0.2, -0.15) is 0 Å². The molecule has 1 heterocycles. The molecule has 152 valence electrons. The molecule has 6 nitrogen and oxygen atoms in total. The summed E-state index contributed by atoms with van der Waals surface area (Å²) in [7, 11) is 1.65. The van der Waals surface area contributed by atoms with Crippen LogP contribution in [0.15, 0.2) is 58.6 Å². The summed E-state index contributed by atoms with van der Waals surface area (Å²) in [5, 5.41) is 12.3. The Morgan fingerprint density at radius 2 is 1.97 bits per heavy atom. The van der Waals surface area contributed by atoms with Crippen molar-refractivity contribution in [1.29, 1.82) is 0 Å². The van der Waals surface area contributed by atoms with E-state index in [0.29, 0.717) is 6.42 Å². The number of hydrogen-bond acceptors (Lipinski definition) is 6. The van der Waals surface area contributed by atoms with Crippen LogP contribution in [0.2, 0.25) is 0 Å². The summed E-state index contributed by atoms with van der Waals surface area (Å²) < 4.78 is 7.25. The number of ether oxygens (including phenoxy) is 1. The molecule has 0 aliphatic heterocycles. The summed E-state index contributed by atoms with van der Waals surface area (Å²) >= 11 is 3.04. The van der Waals surface area contributed by atoms with E-state index in [4.69, 9.17) is 4.74 Å². The molecular formula is C21H24N4O2S2. The van der Waals surface area contributed by atoms with E-state index in [1.54, 1.807) is 18.9 Å². The minimum Gasteiger partial charge on any atom is -0.497 e. The van der Waals surface area contributed by atoms with Crippen LogP contribution in [-0.4, -0.2) is 39.8 Å². The minimum atomic E-state index is -0.0596. The summed E-state index contributed by atoms with van der Waals surface area (Å²) in [6.45, 7) is 2.80. The van der Waals surface area contributed by atoms with E-state index in [0.717, 1.165) is 39.4 Å². The molecule has 0 saturated carbocycles. The van der Waals surface area contributed by atoms with E-state index < -0.39 is 0 Å². The van der Waals surface area contributed by atoms with Gasteiger partial charge in [-0.1, -0.05) is 30.0 Å². The van der Waals surface area contributed by atoms with Crippen LogP contribution in [-0.2, 0) is 17.8 Å². The molecule has 0 radical (unpaired) electrons. The van der Waals surface area contributed by atoms with Crippen LogP contribution >= 0.6 is 23.5 Å². The number of carbonyl (C=O) groups excluding carboxylic acids is 1. The molecule has 0 atom stereocenters. The Labute approximate surface area is 179 Å². The minimum absolute atomic E-state index is 0.0596. The number of aromatic nitrogens is 3. The van der Waals surface area contributed by atoms with Crippen molar-refractivity contribution in [2.24, 2.45) is 0 Å². The van der Waals surface area contributed by atoms with Crippen molar-refractivity contribution in [3.63, 3.8) is 0 Å². The van der Waals surface area contributed by atoms with Crippen molar-refractivity contribution in [2.75, 3.05) is 24.4 Å². The molecule has 0 bridgehead atoms. The highest BCUT2D eigenvalue weighted by molar-refractivity contribution is 7.99. The third kappa shape index (κ3) is 5.77. The standard InChI is InChI=1S/C21H24N4O2S2/c1-4-25-19(12-15-8-10-17(27-2)11-9-15)23-24-21(25)29-14-20(26)22-16-6-5-7-18(13-16)28-3/h5-11,13H,4,12,14H2,1-3H3,(H,22,26). The molecule has 29 heavy (non-hydrogen) atoms. The van der Waals surface area contributed by atoms with E-state index >= 15 is 0 Å². The number of rotatable bonds is 9. The van der Waals surface area contributed by atoms with Crippen molar-refractivity contribution >= 4 is 35.1 Å². The zero-order chi connectivity index (χ0) is 20.6. The smallest absolute Gasteiger partial charge is 0.234 e. The number of nitrogens with one attached hydrogen (secondary N) is 1. The quantitative estimate of drug-likeness (QED) is 0.511. The average Bonchev–Trinajstić information content (AvgIpc) is 3.14. The molecule has 0 aliphatic carbocycles. The SMILES string of the molecule is CCn1c(Cc2ccc(OC)cc2)nnc1SCC(=O)Nc1cccc(SC)c1. The zero-order valence-electron chi connectivity index (χ0n) is 16.7. The van der Waals surface area contributed by atoms with Crippen LogP contribution in [0.25, 0.3) is 0 Å². The van der Waals surface area contributed by atoms with Gasteiger partial charge in [-0.05, 0) is 49.1 Å². The van der Waals surface area contributed by atoms with Crippen LogP contribution in [0.4, 0.5) is 5.69 Å². The predicted octanol–water partition coefficient (Wildman–Crippen LogP) is 4.35. The summed E-state index contributed by atoms with van der Waals surface area (Å²) in [5.74, 6) is 1.93. The number of nitrogens with zero attached hydrogens (tertiary/aromatic N) is 3. The lowest BCUT2D eigenvalue weighted by Crippen LogP contribution is -2.14. The maximum absolute atomic E-state index is 12.3. The molecule has 3 aromatic rings. The van der Waals surface area contributed by atoms with E-state index in [2.05, 4.69) is 27.0 Å². The Balaban J connectivity index is 1.61. The van der Waals surface area contributed by atoms with Crippen molar-refractivity contribution in [2.45, 2.75) is 29.9 Å². The Kier molecular flexibility index (Phi) is 7.60. The molecule has 0 fully saturated rings. The Hall–Kier alpha value is -2.45. The largest absolute Gasteiger partial charge is 0.497 e. The molecular weight excluding hydrogens is 404 g/mol. The summed E-state index contributed by atoms with van der Waals surface area (Å²) in [5.41, 5.74) is 1.94. The molecule has 0 aliphatic rings. The van der Waals surface area contributed by atoms with Crippen molar-refractivity contribution in [1.82, 2.24) is 14.8 Å². The first-order chi connectivity index (χ1) is 14.1. The zero-order valence-corrected chi connectivity index (χ0v) is 18.3. The number of carbonyl (C=O) groups is 1. The van der Waals surface area contributed by atoms with Gasteiger partial charge >= 0.3 is 0 Å². The summed E-state index contributed by atoms with van der Waals surface area (Å²) in [6, 6.07) is 15.7. The van der Waals surface area contributed by atoms with Crippen LogP contribution < -0.4 is 10.1 Å². The Bertz CT molecular complexity index is 958. The normalized spacial score (nSPS) is 10.7. The molecule has 0 spiro atoms. The molecule has 3 rings (SSSR count). The highest BCUT2D eigenvalue weighted by Gasteiger charge is 2.14. The second-order valence-electron chi connectivity index (χ2n) is 6.24. The fourth-order valence-corrected chi connectivity index (χ4v) is 4.11. The molecule has 8 heteroatoms. The van der Waals surface area contributed by atoms with Gasteiger partial charge in [-0.25, -0.2) is 0 Å². The predicted molar refractivity (Wildman–Crippen MR) is 119 cm³/mol. The first-order valence-corrected chi connectivity index (χ1v) is 11.5. The molecule has 1 N–H and O–H groups in total. The third-order valence-corrected chi connectivity index (χ3v) is 6.01. The van der Waals surface area contributed by atoms with E-state index in [-0.39, 0.29) is 11.7 Å². The molecule has 0 unspecified atom stereocenters. The molecule has 1 aromatic heterocycles. The Morgan fingerprint density at radius 3 is 2.66 bits per heavy atom. The van der Waals surface area contributed by atoms with E-state index in [9.17, 15) is 4.79 Å². The van der Waals surface area contributed by atoms with E-state index in [1.807, 2.05) is 54.8 Å². The second-order valence-corrected chi connectivity index (χ2v) is 8.06. The van der Waals surface area contributed by atoms with Crippen molar-refractivity contribution in [3.8, 4) is 5.75 Å². The van der Waals surface area contributed by atoms with Crippen molar-refractivity contribution < 1.29 is 9.53 Å².